The number of aliphatic imine (C=N–C) groups is 1. The van der Waals surface area contributed by atoms with Crippen molar-refractivity contribution in [2.24, 2.45) is 4.99 Å². The van der Waals surface area contributed by atoms with Gasteiger partial charge in [-0.25, -0.2) is 4.99 Å². The highest BCUT2D eigenvalue weighted by Gasteiger charge is 2.17. The number of anilines is 1. The molecule has 1 fully saturated rings. The molecule has 96 valence electrons. The molecule has 0 radical (unpaired) electrons. The number of aryl methyl sites for hydroxylation is 1. The van der Waals surface area contributed by atoms with Crippen LogP contribution in [0.25, 0.3) is 0 Å². The van der Waals surface area contributed by atoms with Crippen LogP contribution in [0.1, 0.15) is 5.56 Å². The van der Waals surface area contributed by atoms with Crippen molar-refractivity contribution >= 4 is 28.3 Å². The Balaban J connectivity index is 1.74. The van der Waals surface area contributed by atoms with Crippen molar-refractivity contribution in [1.29, 1.82) is 0 Å². The van der Waals surface area contributed by atoms with E-state index in [9.17, 15) is 0 Å². The lowest BCUT2D eigenvalue weighted by Crippen LogP contribution is -2.32. The van der Waals surface area contributed by atoms with Crippen molar-refractivity contribution in [3.8, 4) is 0 Å². The highest BCUT2D eigenvalue weighted by Crippen LogP contribution is 2.23. The third-order valence-electron chi connectivity index (χ3n) is 2.89. The molecule has 1 N–H and O–H groups in total. The Bertz CT molecular complexity index is 578. The number of nitrogens with one attached hydrogen (secondary N) is 1. The van der Waals surface area contributed by atoms with Crippen LogP contribution < -0.4 is 10.4 Å². The summed E-state index contributed by atoms with van der Waals surface area (Å²) in [4.78, 5) is 4.60. The first-order valence-corrected chi connectivity index (χ1v) is 7.17. The molecule has 4 heteroatoms. The van der Waals surface area contributed by atoms with Crippen molar-refractivity contribution in [3.63, 3.8) is 0 Å². The van der Waals surface area contributed by atoms with Gasteiger partial charge in [-0.3, -0.25) is 10.4 Å². The number of nitrogens with zero attached hydrogens (tertiary/aromatic N) is 2. The smallest absolute Gasteiger partial charge is 0.182 e. The summed E-state index contributed by atoms with van der Waals surface area (Å²) in [7, 11) is 0. The number of benzene rings is 2. The SMILES string of the molecule is Cc1ccc(N=C2NN(c3ccccc3)CS2)cc1. The largest absolute Gasteiger partial charge is 0.276 e. The molecule has 0 aliphatic carbocycles. The van der Waals surface area contributed by atoms with E-state index >= 15 is 0 Å². The summed E-state index contributed by atoms with van der Waals surface area (Å²) >= 11 is 1.71. The van der Waals surface area contributed by atoms with E-state index in [2.05, 4.69) is 46.6 Å². The zero-order valence-electron chi connectivity index (χ0n) is 10.7. The first kappa shape index (κ1) is 12.1. The lowest BCUT2D eigenvalue weighted by atomic mass is 10.2. The van der Waals surface area contributed by atoms with Gasteiger partial charge in [-0.2, -0.15) is 0 Å². The van der Waals surface area contributed by atoms with Gasteiger partial charge in [-0.05, 0) is 31.2 Å². The van der Waals surface area contributed by atoms with Crippen LogP contribution in [0.2, 0.25) is 0 Å². The summed E-state index contributed by atoms with van der Waals surface area (Å²) in [6, 6.07) is 18.5. The minimum absolute atomic E-state index is 0.870. The minimum Gasteiger partial charge on any atom is -0.276 e. The average Bonchev–Trinajstić information content (AvgIpc) is 2.91. The van der Waals surface area contributed by atoms with Crippen molar-refractivity contribution in [2.45, 2.75) is 6.92 Å². The predicted octanol–water partition coefficient (Wildman–Crippen LogP) is 3.70. The molecule has 3 rings (SSSR count). The van der Waals surface area contributed by atoms with Gasteiger partial charge in [0, 0.05) is 0 Å². The van der Waals surface area contributed by atoms with Gasteiger partial charge in [0.2, 0.25) is 0 Å². The molecule has 0 bridgehead atoms. The second-order valence-electron chi connectivity index (χ2n) is 4.40. The third-order valence-corrected chi connectivity index (χ3v) is 3.74. The van der Waals surface area contributed by atoms with Crippen molar-refractivity contribution < 1.29 is 0 Å². The molecule has 0 atom stereocenters. The standard InChI is InChI=1S/C15H15N3S/c1-12-7-9-13(10-8-12)16-15-17-18(11-19-15)14-5-3-2-4-6-14/h2-10H,11H2,1H3,(H,16,17). The number of thioether (sulfide) groups is 1. The second kappa shape index (κ2) is 5.36. The minimum atomic E-state index is 0.870. The van der Waals surface area contributed by atoms with Gasteiger partial charge in [0.25, 0.3) is 0 Å². The van der Waals surface area contributed by atoms with Crippen LogP contribution in [0, 0.1) is 6.92 Å². The van der Waals surface area contributed by atoms with Crippen LogP contribution >= 0.6 is 11.8 Å². The molecule has 0 saturated carbocycles. The van der Waals surface area contributed by atoms with Crippen LogP contribution in [0.4, 0.5) is 11.4 Å². The van der Waals surface area contributed by atoms with E-state index in [1.807, 2.05) is 30.3 Å². The van der Waals surface area contributed by atoms with Gasteiger partial charge >= 0.3 is 0 Å². The number of rotatable bonds is 2. The summed E-state index contributed by atoms with van der Waals surface area (Å²) in [6.45, 7) is 2.08. The molecule has 0 amide bonds. The third kappa shape index (κ3) is 2.90. The van der Waals surface area contributed by atoms with Crippen molar-refractivity contribution in [3.05, 3.63) is 60.2 Å². The van der Waals surface area contributed by atoms with Gasteiger partial charge < -0.3 is 0 Å². The second-order valence-corrected chi connectivity index (χ2v) is 5.33. The molecule has 2 aromatic rings. The van der Waals surface area contributed by atoms with E-state index in [0.29, 0.717) is 0 Å². The van der Waals surface area contributed by atoms with Crippen molar-refractivity contribution in [2.75, 3.05) is 10.9 Å². The van der Waals surface area contributed by atoms with Crippen LogP contribution in [-0.4, -0.2) is 11.0 Å². The van der Waals surface area contributed by atoms with Crippen LogP contribution in [0.5, 0.6) is 0 Å². The Morgan fingerprint density at radius 3 is 2.53 bits per heavy atom. The number of amidine groups is 1. The molecule has 1 heterocycles. The average molecular weight is 269 g/mol. The molecule has 0 aromatic heterocycles. The fraction of sp³-hybridized carbons (Fsp3) is 0.133. The summed E-state index contributed by atoms with van der Waals surface area (Å²) < 4.78 is 0. The predicted molar refractivity (Wildman–Crippen MR) is 82.8 cm³/mol. The van der Waals surface area contributed by atoms with Gasteiger partial charge in [0.1, 0.15) is 0 Å². The monoisotopic (exact) mass is 269 g/mol. The molecule has 1 saturated heterocycles. The Kier molecular flexibility index (Phi) is 3.42. The lowest BCUT2D eigenvalue weighted by Gasteiger charge is -2.16. The fourth-order valence-corrected chi connectivity index (χ4v) is 2.66. The first-order valence-electron chi connectivity index (χ1n) is 6.19. The van der Waals surface area contributed by atoms with Crippen LogP contribution in [-0.2, 0) is 0 Å². The number of para-hydroxylation sites is 1. The Morgan fingerprint density at radius 1 is 1.05 bits per heavy atom. The zero-order valence-corrected chi connectivity index (χ0v) is 11.5. The van der Waals surface area contributed by atoms with Crippen LogP contribution in [0.15, 0.2) is 59.6 Å². The summed E-state index contributed by atoms with van der Waals surface area (Å²) in [5.74, 6) is 0.870. The highest BCUT2D eigenvalue weighted by molar-refractivity contribution is 8.14. The van der Waals surface area contributed by atoms with E-state index in [0.717, 1.165) is 22.4 Å². The number of hydrazine groups is 1. The van der Waals surface area contributed by atoms with Gasteiger partial charge in [0.15, 0.2) is 5.17 Å². The molecule has 0 spiro atoms. The molecule has 2 aromatic carbocycles. The molecule has 1 aliphatic rings. The lowest BCUT2D eigenvalue weighted by molar-refractivity contribution is 0.890. The maximum Gasteiger partial charge on any atom is 0.182 e. The Morgan fingerprint density at radius 2 is 1.79 bits per heavy atom. The highest BCUT2D eigenvalue weighted by atomic mass is 32.2. The van der Waals surface area contributed by atoms with E-state index in [4.69, 9.17) is 0 Å². The summed E-state index contributed by atoms with van der Waals surface area (Å²) in [6.07, 6.45) is 0. The molecule has 19 heavy (non-hydrogen) atoms. The summed E-state index contributed by atoms with van der Waals surface area (Å²) in [5, 5.41) is 3.03. The van der Waals surface area contributed by atoms with E-state index in [1.165, 1.54) is 5.56 Å². The zero-order chi connectivity index (χ0) is 13.1. The maximum absolute atomic E-state index is 4.60. The number of hydrogen-bond acceptors (Lipinski definition) is 3. The van der Waals surface area contributed by atoms with Gasteiger partial charge in [-0.15, -0.1) is 0 Å². The molecular weight excluding hydrogens is 254 g/mol. The Hall–Kier alpha value is -1.94. The quantitative estimate of drug-likeness (QED) is 0.901. The molecule has 0 unspecified atom stereocenters. The van der Waals surface area contributed by atoms with E-state index < -0.39 is 0 Å². The topological polar surface area (TPSA) is 27.6 Å². The van der Waals surface area contributed by atoms with E-state index in [1.54, 1.807) is 11.8 Å². The van der Waals surface area contributed by atoms with Crippen LogP contribution in [0.3, 0.4) is 0 Å². The molecule has 1 aliphatic heterocycles. The number of hydrogen-bond donors (Lipinski definition) is 1. The van der Waals surface area contributed by atoms with E-state index in [-0.39, 0.29) is 0 Å². The molecule has 3 nitrogen and oxygen atoms in total. The maximum atomic E-state index is 4.60. The summed E-state index contributed by atoms with van der Waals surface area (Å²) in [5.41, 5.74) is 6.71. The van der Waals surface area contributed by atoms with Gasteiger partial charge in [0.05, 0.1) is 17.3 Å². The van der Waals surface area contributed by atoms with Crippen molar-refractivity contribution in [1.82, 2.24) is 5.43 Å². The first-order chi connectivity index (χ1) is 9.31. The molecular formula is C15H15N3S. The Labute approximate surface area is 117 Å². The van der Waals surface area contributed by atoms with Gasteiger partial charge in [-0.1, -0.05) is 47.7 Å². The normalized spacial score (nSPS) is 16.7. The fourth-order valence-electron chi connectivity index (χ4n) is 1.85.